The van der Waals surface area contributed by atoms with Crippen LogP contribution >= 0.6 is 12.4 Å². The summed E-state index contributed by atoms with van der Waals surface area (Å²) in [6.07, 6.45) is 3.23. The first-order valence-electron chi connectivity index (χ1n) is 7.41. The molecule has 0 unspecified atom stereocenters. The van der Waals surface area contributed by atoms with Crippen LogP contribution in [0.25, 0.3) is 0 Å². The molecule has 0 aliphatic carbocycles. The zero-order chi connectivity index (χ0) is 14.5. The first-order valence-corrected chi connectivity index (χ1v) is 7.41. The van der Waals surface area contributed by atoms with Crippen molar-refractivity contribution in [1.29, 1.82) is 0 Å². The molecule has 0 aliphatic heterocycles. The number of nitrogens with one attached hydrogen (secondary N) is 1. The van der Waals surface area contributed by atoms with E-state index >= 15 is 0 Å². The summed E-state index contributed by atoms with van der Waals surface area (Å²) >= 11 is 0. The SMILES string of the molecule is CCCn1nc(C)cc1CNCc1cn(CC)nc1C.Cl. The molecule has 0 fully saturated rings. The number of hydrogen-bond acceptors (Lipinski definition) is 3. The van der Waals surface area contributed by atoms with E-state index in [0.29, 0.717) is 0 Å². The summed E-state index contributed by atoms with van der Waals surface area (Å²) in [5.41, 5.74) is 4.72. The highest BCUT2D eigenvalue weighted by Crippen LogP contribution is 2.08. The molecule has 0 bridgehead atoms. The highest BCUT2D eigenvalue weighted by Gasteiger charge is 2.06. The van der Waals surface area contributed by atoms with E-state index in [0.717, 1.165) is 44.0 Å². The Kier molecular flexibility index (Phi) is 6.92. The number of halogens is 1. The van der Waals surface area contributed by atoms with Gasteiger partial charge in [-0.05, 0) is 33.3 Å². The lowest BCUT2D eigenvalue weighted by atomic mass is 10.2. The summed E-state index contributed by atoms with van der Waals surface area (Å²) < 4.78 is 4.09. The molecule has 2 aromatic rings. The third kappa shape index (κ3) is 4.58. The summed E-state index contributed by atoms with van der Waals surface area (Å²) in [6.45, 7) is 12.0. The van der Waals surface area contributed by atoms with Gasteiger partial charge in [0.1, 0.15) is 0 Å². The van der Waals surface area contributed by atoms with Crippen molar-refractivity contribution in [3.05, 3.63) is 34.9 Å². The van der Waals surface area contributed by atoms with Gasteiger partial charge in [-0.15, -0.1) is 12.4 Å². The van der Waals surface area contributed by atoms with Gasteiger partial charge in [-0.1, -0.05) is 6.92 Å². The van der Waals surface area contributed by atoms with Gasteiger partial charge >= 0.3 is 0 Å². The zero-order valence-corrected chi connectivity index (χ0v) is 14.2. The van der Waals surface area contributed by atoms with Crippen molar-refractivity contribution in [2.75, 3.05) is 0 Å². The summed E-state index contributed by atoms with van der Waals surface area (Å²) in [7, 11) is 0. The fourth-order valence-corrected chi connectivity index (χ4v) is 2.37. The molecule has 6 heteroatoms. The molecule has 0 aromatic carbocycles. The summed E-state index contributed by atoms with van der Waals surface area (Å²) in [5, 5.41) is 12.5. The second-order valence-corrected chi connectivity index (χ2v) is 5.20. The normalized spacial score (nSPS) is 10.7. The van der Waals surface area contributed by atoms with Crippen molar-refractivity contribution in [3.63, 3.8) is 0 Å². The monoisotopic (exact) mass is 311 g/mol. The summed E-state index contributed by atoms with van der Waals surface area (Å²) in [5.74, 6) is 0. The van der Waals surface area contributed by atoms with E-state index in [1.54, 1.807) is 0 Å². The quantitative estimate of drug-likeness (QED) is 0.855. The number of aryl methyl sites for hydroxylation is 4. The molecule has 5 nitrogen and oxygen atoms in total. The fraction of sp³-hybridized carbons (Fsp3) is 0.600. The second-order valence-electron chi connectivity index (χ2n) is 5.20. The molecule has 0 atom stereocenters. The Hall–Kier alpha value is -1.33. The molecule has 21 heavy (non-hydrogen) atoms. The zero-order valence-electron chi connectivity index (χ0n) is 13.4. The number of hydrogen-bond donors (Lipinski definition) is 1. The largest absolute Gasteiger partial charge is 0.307 e. The fourth-order valence-electron chi connectivity index (χ4n) is 2.37. The maximum Gasteiger partial charge on any atom is 0.0638 e. The molecule has 0 spiro atoms. The highest BCUT2D eigenvalue weighted by atomic mass is 35.5. The molecule has 2 rings (SSSR count). The molecule has 2 heterocycles. The second kappa shape index (κ2) is 8.20. The lowest BCUT2D eigenvalue weighted by Gasteiger charge is -2.07. The van der Waals surface area contributed by atoms with Crippen LogP contribution in [-0.4, -0.2) is 19.6 Å². The van der Waals surface area contributed by atoms with Crippen molar-refractivity contribution in [1.82, 2.24) is 24.9 Å². The molecule has 0 aliphatic rings. The maximum absolute atomic E-state index is 4.52. The van der Waals surface area contributed by atoms with Crippen LogP contribution in [0.1, 0.15) is 42.9 Å². The topological polar surface area (TPSA) is 47.7 Å². The third-order valence-corrected chi connectivity index (χ3v) is 3.41. The standard InChI is InChI=1S/C15H25N5.ClH/c1-5-7-20-15(8-12(3)17-20)10-16-9-14-11-19(6-2)18-13(14)4;/h8,11,16H,5-7,9-10H2,1-4H3;1H. The minimum atomic E-state index is 0. The van der Waals surface area contributed by atoms with Gasteiger partial charge in [0.25, 0.3) is 0 Å². The summed E-state index contributed by atoms with van der Waals surface area (Å²) in [6, 6.07) is 2.16. The van der Waals surface area contributed by atoms with Crippen molar-refractivity contribution >= 4 is 12.4 Å². The molecule has 0 saturated heterocycles. The molecule has 0 amide bonds. The van der Waals surface area contributed by atoms with Gasteiger partial charge in [-0.25, -0.2) is 0 Å². The Morgan fingerprint density at radius 1 is 1.14 bits per heavy atom. The average Bonchev–Trinajstić information content (AvgIpc) is 2.94. The maximum atomic E-state index is 4.52. The van der Waals surface area contributed by atoms with Gasteiger partial charge in [-0.3, -0.25) is 9.36 Å². The molecule has 0 saturated carbocycles. The van der Waals surface area contributed by atoms with Crippen LogP contribution in [0, 0.1) is 13.8 Å². The molecule has 118 valence electrons. The van der Waals surface area contributed by atoms with Crippen LogP contribution < -0.4 is 5.32 Å². The number of rotatable bonds is 7. The van der Waals surface area contributed by atoms with E-state index in [4.69, 9.17) is 0 Å². The van der Waals surface area contributed by atoms with Crippen LogP contribution in [0.3, 0.4) is 0 Å². The highest BCUT2D eigenvalue weighted by molar-refractivity contribution is 5.85. The lowest BCUT2D eigenvalue weighted by Crippen LogP contribution is -2.16. The van der Waals surface area contributed by atoms with E-state index in [-0.39, 0.29) is 12.4 Å². The van der Waals surface area contributed by atoms with Crippen molar-refractivity contribution in [3.8, 4) is 0 Å². The van der Waals surface area contributed by atoms with Crippen LogP contribution in [0.2, 0.25) is 0 Å². The van der Waals surface area contributed by atoms with Crippen molar-refractivity contribution < 1.29 is 0 Å². The summed E-state index contributed by atoms with van der Waals surface area (Å²) in [4.78, 5) is 0. The molecular formula is C15H26ClN5. The average molecular weight is 312 g/mol. The Balaban J connectivity index is 0.00000220. The molecular weight excluding hydrogens is 286 g/mol. The third-order valence-electron chi connectivity index (χ3n) is 3.41. The lowest BCUT2D eigenvalue weighted by molar-refractivity contribution is 0.547. The minimum Gasteiger partial charge on any atom is -0.307 e. The smallest absolute Gasteiger partial charge is 0.0638 e. The van der Waals surface area contributed by atoms with Crippen molar-refractivity contribution in [2.24, 2.45) is 0 Å². The number of aromatic nitrogens is 4. The van der Waals surface area contributed by atoms with Gasteiger partial charge in [0, 0.05) is 37.9 Å². The van der Waals surface area contributed by atoms with Gasteiger partial charge in [0.2, 0.25) is 0 Å². The Morgan fingerprint density at radius 3 is 2.52 bits per heavy atom. The van der Waals surface area contributed by atoms with Gasteiger partial charge in [-0.2, -0.15) is 10.2 Å². The van der Waals surface area contributed by atoms with E-state index in [1.807, 2.05) is 11.6 Å². The Labute approximate surface area is 133 Å². The predicted octanol–water partition coefficient (Wildman–Crippen LogP) is 2.84. The van der Waals surface area contributed by atoms with Gasteiger partial charge in [0.15, 0.2) is 0 Å². The van der Waals surface area contributed by atoms with Crippen LogP contribution in [0.15, 0.2) is 12.3 Å². The van der Waals surface area contributed by atoms with E-state index < -0.39 is 0 Å². The van der Waals surface area contributed by atoms with E-state index in [9.17, 15) is 0 Å². The molecule has 0 radical (unpaired) electrons. The predicted molar refractivity (Wildman–Crippen MR) is 87.7 cm³/mol. The molecule has 1 N–H and O–H groups in total. The van der Waals surface area contributed by atoms with Crippen LogP contribution in [0.4, 0.5) is 0 Å². The minimum absolute atomic E-state index is 0. The first-order chi connectivity index (χ1) is 9.63. The molecule has 2 aromatic heterocycles. The Morgan fingerprint density at radius 2 is 1.90 bits per heavy atom. The van der Waals surface area contributed by atoms with Gasteiger partial charge in [0.05, 0.1) is 17.1 Å². The van der Waals surface area contributed by atoms with E-state index in [2.05, 4.69) is 53.2 Å². The Bertz CT molecular complexity index is 558. The van der Waals surface area contributed by atoms with Crippen LogP contribution in [-0.2, 0) is 26.2 Å². The van der Waals surface area contributed by atoms with Crippen LogP contribution in [0.5, 0.6) is 0 Å². The number of nitrogens with zero attached hydrogens (tertiary/aromatic N) is 4. The van der Waals surface area contributed by atoms with Crippen molar-refractivity contribution in [2.45, 2.75) is 60.3 Å². The van der Waals surface area contributed by atoms with Gasteiger partial charge < -0.3 is 5.32 Å². The van der Waals surface area contributed by atoms with E-state index in [1.165, 1.54) is 11.3 Å². The first kappa shape index (κ1) is 17.7.